The van der Waals surface area contributed by atoms with Crippen molar-refractivity contribution in [1.29, 1.82) is 0 Å². The maximum atomic E-state index is 13.8. The monoisotopic (exact) mass is 471 g/mol. The van der Waals surface area contributed by atoms with Crippen molar-refractivity contribution in [1.82, 2.24) is 9.69 Å². The highest BCUT2D eigenvalue weighted by atomic mass is 32.1. The number of primary amides is 1. The molecule has 3 rings (SSSR count). The molecule has 0 fully saturated rings. The Labute approximate surface area is 194 Å². The highest BCUT2D eigenvalue weighted by Crippen LogP contribution is 2.35. The fourth-order valence-corrected chi connectivity index (χ4v) is 3.88. The minimum atomic E-state index is -1.20. The van der Waals surface area contributed by atoms with Crippen LogP contribution in [0.3, 0.4) is 0 Å². The van der Waals surface area contributed by atoms with Crippen LogP contribution in [0, 0.1) is 0 Å². The summed E-state index contributed by atoms with van der Waals surface area (Å²) in [5, 5.41) is 2.89. The minimum Gasteiger partial charge on any atom is -0.497 e. The number of aromatic nitrogens is 1. The first-order valence-corrected chi connectivity index (χ1v) is 10.7. The first-order valence-electron chi connectivity index (χ1n) is 9.91. The van der Waals surface area contributed by atoms with Crippen LogP contribution in [0.1, 0.15) is 52.7 Å². The molecule has 1 aromatic carbocycles. The number of nitrogen functional groups attached to an aromatic ring is 1. The van der Waals surface area contributed by atoms with Crippen LogP contribution in [0.15, 0.2) is 47.1 Å². The summed E-state index contributed by atoms with van der Waals surface area (Å²) in [6.07, 6.45) is 1.41. The number of carbonyl (C=O) groups excluding carboxylic acids is 3. The number of carbonyl (C=O) groups is 3. The van der Waals surface area contributed by atoms with Gasteiger partial charge in [-0.05, 0) is 56.6 Å². The van der Waals surface area contributed by atoms with Crippen LogP contribution in [0.4, 0.5) is 11.4 Å². The third-order valence-corrected chi connectivity index (χ3v) is 5.37. The number of nitrogens with one attached hydrogen (secondary N) is 1. The van der Waals surface area contributed by atoms with Gasteiger partial charge in [0.2, 0.25) is 0 Å². The predicted molar refractivity (Wildman–Crippen MR) is 124 cm³/mol. The van der Waals surface area contributed by atoms with E-state index < -0.39 is 29.3 Å². The van der Waals surface area contributed by atoms with E-state index in [4.69, 9.17) is 20.6 Å². The van der Waals surface area contributed by atoms with Crippen molar-refractivity contribution in [2.75, 3.05) is 17.7 Å². The van der Waals surface area contributed by atoms with Gasteiger partial charge in [0.1, 0.15) is 16.4 Å². The first-order chi connectivity index (χ1) is 15.5. The number of anilines is 2. The maximum absolute atomic E-state index is 13.8. The molecule has 0 radical (unpaired) electrons. The van der Waals surface area contributed by atoms with E-state index in [0.717, 1.165) is 11.5 Å². The van der Waals surface area contributed by atoms with Crippen LogP contribution in [0.5, 0.6) is 5.75 Å². The molecule has 1 atom stereocenters. The van der Waals surface area contributed by atoms with Crippen LogP contribution in [-0.4, -0.2) is 34.7 Å². The molecule has 0 saturated carbocycles. The van der Waals surface area contributed by atoms with Crippen molar-refractivity contribution >= 4 is 40.6 Å². The summed E-state index contributed by atoms with van der Waals surface area (Å²) < 4.78 is 14.8. The van der Waals surface area contributed by atoms with E-state index in [1.807, 2.05) is 20.8 Å². The van der Waals surface area contributed by atoms with Gasteiger partial charge in [-0.25, -0.2) is 0 Å². The van der Waals surface area contributed by atoms with E-state index in [0.29, 0.717) is 11.4 Å². The fourth-order valence-electron chi connectivity index (χ4n) is 3.14. The van der Waals surface area contributed by atoms with Crippen molar-refractivity contribution in [3.05, 3.63) is 59.0 Å². The van der Waals surface area contributed by atoms with Crippen LogP contribution in [0.25, 0.3) is 0 Å². The molecule has 0 aliphatic carbocycles. The zero-order valence-corrected chi connectivity index (χ0v) is 19.4. The molecule has 3 aromatic rings. The second-order valence-electron chi connectivity index (χ2n) is 8.17. The molecule has 0 spiro atoms. The van der Waals surface area contributed by atoms with Crippen LogP contribution in [-0.2, 0) is 4.79 Å². The molecule has 1 unspecified atom stereocenters. The Morgan fingerprint density at radius 2 is 1.94 bits per heavy atom. The number of amides is 3. The number of furan rings is 1. The number of benzene rings is 1. The number of ether oxygens (including phenoxy) is 1. The summed E-state index contributed by atoms with van der Waals surface area (Å²) in [6.45, 7) is 5.46. The molecule has 2 aromatic heterocycles. The van der Waals surface area contributed by atoms with Gasteiger partial charge in [-0.1, -0.05) is 6.07 Å². The Hall–Kier alpha value is -3.86. The SMILES string of the molecule is COc1cccc(N(C(=O)c2snc(C(N)=O)c2N)C(C(=O)NC(C)(C)C)c2ccco2)c1. The van der Waals surface area contributed by atoms with Crippen molar-refractivity contribution in [3.63, 3.8) is 0 Å². The zero-order valence-electron chi connectivity index (χ0n) is 18.6. The average Bonchev–Trinajstić information content (AvgIpc) is 3.39. The molecule has 0 saturated heterocycles. The number of nitrogens with two attached hydrogens (primary N) is 2. The van der Waals surface area contributed by atoms with Crippen molar-refractivity contribution in [3.8, 4) is 5.75 Å². The number of rotatable bonds is 7. The quantitative estimate of drug-likeness (QED) is 0.479. The molecule has 10 nitrogen and oxygen atoms in total. The molecule has 33 heavy (non-hydrogen) atoms. The highest BCUT2D eigenvalue weighted by molar-refractivity contribution is 7.09. The third-order valence-electron chi connectivity index (χ3n) is 4.52. The predicted octanol–water partition coefficient (Wildman–Crippen LogP) is 2.73. The van der Waals surface area contributed by atoms with Gasteiger partial charge in [-0.2, -0.15) is 4.37 Å². The Morgan fingerprint density at radius 1 is 1.21 bits per heavy atom. The van der Waals surface area contributed by atoms with Gasteiger partial charge < -0.3 is 25.9 Å². The summed E-state index contributed by atoms with van der Waals surface area (Å²) in [6, 6.07) is 8.65. The van der Waals surface area contributed by atoms with Gasteiger partial charge >= 0.3 is 0 Å². The largest absolute Gasteiger partial charge is 0.497 e. The van der Waals surface area contributed by atoms with E-state index in [-0.39, 0.29) is 22.0 Å². The molecule has 5 N–H and O–H groups in total. The molecule has 174 valence electrons. The molecule has 0 bridgehead atoms. The van der Waals surface area contributed by atoms with Crippen LogP contribution in [0.2, 0.25) is 0 Å². The van der Waals surface area contributed by atoms with Gasteiger partial charge in [0.05, 0.1) is 19.1 Å². The molecular weight excluding hydrogens is 446 g/mol. The Kier molecular flexibility index (Phi) is 6.73. The molecular formula is C22H25N5O5S. The smallest absolute Gasteiger partial charge is 0.273 e. The lowest BCUT2D eigenvalue weighted by Crippen LogP contribution is -2.49. The average molecular weight is 472 g/mol. The minimum absolute atomic E-state index is 0.0354. The maximum Gasteiger partial charge on any atom is 0.273 e. The number of methoxy groups -OCH3 is 1. The van der Waals surface area contributed by atoms with Gasteiger partial charge in [-0.15, -0.1) is 0 Å². The lowest BCUT2D eigenvalue weighted by Gasteiger charge is -2.32. The second-order valence-corrected chi connectivity index (χ2v) is 8.95. The van der Waals surface area contributed by atoms with E-state index in [2.05, 4.69) is 9.69 Å². The van der Waals surface area contributed by atoms with Crippen LogP contribution >= 0.6 is 11.5 Å². The summed E-state index contributed by atoms with van der Waals surface area (Å²) in [7, 11) is 1.49. The fraction of sp³-hybridized carbons (Fsp3) is 0.273. The first kappa shape index (κ1) is 23.8. The standard InChI is InChI=1S/C22H25N5O5S/c1-22(2,3)25-20(29)17(14-9-6-10-32-14)27(12-7-5-8-13(11-12)31-4)21(30)18-15(23)16(19(24)28)26-33-18/h5-11,17H,23H2,1-4H3,(H2,24,28)(H,25,29). The summed E-state index contributed by atoms with van der Waals surface area (Å²) in [5.74, 6) is -1.30. The van der Waals surface area contributed by atoms with Crippen LogP contribution < -0.4 is 26.4 Å². The second kappa shape index (κ2) is 9.33. The number of nitrogens with zero attached hydrogens (tertiary/aromatic N) is 2. The van der Waals surface area contributed by atoms with E-state index in [1.165, 1.54) is 18.3 Å². The summed E-state index contributed by atoms with van der Waals surface area (Å²) in [4.78, 5) is 40.1. The Morgan fingerprint density at radius 3 is 2.48 bits per heavy atom. The Bertz CT molecular complexity index is 1170. The lowest BCUT2D eigenvalue weighted by molar-refractivity contribution is -0.124. The van der Waals surface area contributed by atoms with Gasteiger partial charge in [0.15, 0.2) is 11.7 Å². The topological polar surface area (TPSA) is 154 Å². The molecule has 2 heterocycles. The lowest BCUT2D eigenvalue weighted by atomic mass is 10.1. The van der Waals surface area contributed by atoms with Crippen molar-refractivity contribution in [2.45, 2.75) is 32.4 Å². The van der Waals surface area contributed by atoms with Gasteiger partial charge in [0.25, 0.3) is 17.7 Å². The number of hydrogen-bond acceptors (Lipinski definition) is 8. The molecule has 11 heteroatoms. The molecule has 3 amide bonds. The third kappa shape index (κ3) is 5.14. The van der Waals surface area contributed by atoms with Gasteiger partial charge in [-0.3, -0.25) is 19.3 Å². The normalized spacial score (nSPS) is 12.1. The molecule has 0 aliphatic heterocycles. The Balaban J connectivity index is 2.21. The van der Waals surface area contributed by atoms with E-state index >= 15 is 0 Å². The molecule has 0 aliphatic rings. The van der Waals surface area contributed by atoms with Gasteiger partial charge in [0, 0.05) is 17.3 Å². The highest BCUT2D eigenvalue weighted by Gasteiger charge is 2.38. The zero-order chi connectivity index (χ0) is 24.3. The van der Waals surface area contributed by atoms with E-state index in [9.17, 15) is 14.4 Å². The van der Waals surface area contributed by atoms with Crippen molar-refractivity contribution in [2.24, 2.45) is 5.73 Å². The summed E-state index contributed by atoms with van der Waals surface area (Å²) in [5.41, 5.74) is 10.7. The summed E-state index contributed by atoms with van der Waals surface area (Å²) >= 11 is 0.724. The van der Waals surface area contributed by atoms with Crippen molar-refractivity contribution < 1.29 is 23.5 Å². The van der Waals surface area contributed by atoms with E-state index in [1.54, 1.807) is 36.4 Å². The number of hydrogen-bond donors (Lipinski definition) is 3.